The van der Waals surface area contributed by atoms with E-state index in [4.69, 9.17) is 4.74 Å². The minimum absolute atomic E-state index is 0.294. The van der Waals surface area contributed by atoms with Crippen LogP contribution in [0.4, 0.5) is 11.4 Å². The van der Waals surface area contributed by atoms with Crippen LogP contribution in [0.25, 0.3) is 0 Å². The van der Waals surface area contributed by atoms with Gasteiger partial charge < -0.3 is 4.74 Å². The molecule has 2 heterocycles. The van der Waals surface area contributed by atoms with Gasteiger partial charge in [-0.2, -0.15) is 0 Å². The molecule has 1 aliphatic rings. The summed E-state index contributed by atoms with van der Waals surface area (Å²) in [7, 11) is 0. The molecule has 1 unspecified atom stereocenters. The van der Waals surface area contributed by atoms with Gasteiger partial charge in [-0.1, -0.05) is 36.0 Å². The maximum Gasteiger partial charge on any atom is 0.339 e. The van der Waals surface area contributed by atoms with Gasteiger partial charge in [-0.15, -0.1) is 0 Å². The molecule has 4 rings (SSSR count). The zero-order valence-corrected chi connectivity index (χ0v) is 15.3. The first-order valence-electron chi connectivity index (χ1n) is 8.46. The van der Waals surface area contributed by atoms with Crippen LogP contribution in [0.1, 0.15) is 17.3 Å². The van der Waals surface area contributed by atoms with E-state index in [-0.39, 0.29) is 5.91 Å². The Balaban J connectivity index is 1.64. The Morgan fingerprint density at radius 2 is 1.48 bits per heavy atom. The summed E-state index contributed by atoms with van der Waals surface area (Å²) in [6.45, 7) is 1.59. The maximum absolute atomic E-state index is 13.2. The molecule has 0 bridgehead atoms. The molecule has 5 nitrogen and oxygen atoms in total. The third-order valence-corrected chi connectivity index (χ3v) is 5.33. The highest BCUT2D eigenvalue weighted by atomic mass is 32.2. The fraction of sp³-hybridized carbons (Fsp3) is 0.0952. The summed E-state index contributed by atoms with van der Waals surface area (Å²) in [5, 5.41) is 0. The van der Waals surface area contributed by atoms with Gasteiger partial charge in [0.2, 0.25) is 0 Å². The quantitative estimate of drug-likeness (QED) is 0.632. The van der Waals surface area contributed by atoms with E-state index in [1.54, 1.807) is 35.7 Å². The highest BCUT2D eigenvalue weighted by Crippen LogP contribution is 2.48. The first kappa shape index (κ1) is 17.3. The number of anilines is 2. The predicted molar refractivity (Wildman–Crippen MR) is 103 cm³/mol. The van der Waals surface area contributed by atoms with Crippen molar-refractivity contribution in [3.8, 4) is 0 Å². The summed E-state index contributed by atoms with van der Waals surface area (Å²) in [5.74, 6) is -0.844. The molecule has 3 aromatic rings. The number of ether oxygens (including phenoxy) is 1. The van der Waals surface area contributed by atoms with Gasteiger partial charge in [0, 0.05) is 22.2 Å². The Labute approximate surface area is 161 Å². The second kappa shape index (κ2) is 7.25. The van der Waals surface area contributed by atoms with Crippen LogP contribution in [-0.4, -0.2) is 23.0 Å². The number of amides is 1. The Hall–Kier alpha value is -3.12. The molecule has 1 atom stereocenters. The van der Waals surface area contributed by atoms with Crippen molar-refractivity contribution in [1.82, 2.24) is 4.98 Å². The fourth-order valence-corrected chi connectivity index (χ4v) is 3.95. The van der Waals surface area contributed by atoms with E-state index >= 15 is 0 Å². The molecule has 27 heavy (non-hydrogen) atoms. The number of para-hydroxylation sites is 2. The molecule has 2 aromatic carbocycles. The number of carbonyl (C=O) groups is 2. The summed E-state index contributed by atoms with van der Waals surface area (Å²) in [5.41, 5.74) is 1.94. The Kier molecular flexibility index (Phi) is 4.64. The lowest BCUT2D eigenvalue weighted by Crippen LogP contribution is -2.38. The number of aromatic nitrogens is 1. The molecule has 0 aliphatic carbocycles. The van der Waals surface area contributed by atoms with Crippen molar-refractivity contribution >= 4 is 35.0 Å². The molecule has 1 aromatic heterocycles. The number of fused-ring (bicyclic) bond motifs is 2. The first-order chi connectivity index (χ1) is 13.1. The molecular weight excluding hydrogens is 360 g/mol. The second-order valence-corrected chi connectivity index (χ2v) is 7.08. The molecule has 0 fully saturated rings. The number of hydrogen-bond acceptors (Lipinski definition) is 5. The Bertz CT molecular complexity index is 962. The number of rotatable bonds is 3. The van der Waals surface area contributed by atoms with E-state index in [2.05, 4.69) is 4.98 Å². The van der Waals surface area contributed by atoms with Gasteiger partial charge in [0.05, 0.1) is 16.9 Å². The second-order valence-electron chi connectivity index (χ2n) is 5.99. The van der Waals surface area contributed by atoms with Crippen LogP contribution in [-0.2, 0) is 9.53 Å². The highest BCUT2D eigenvalue weighted by Gasteiger charge is 2.32. The topological polar surface area (TPSA) is 59.5 Å². The average Bonchev–Trinajstić information content (AvgIpc) is 2.72. The Morgan fingerprint density at radius 3 is 2.07 bits per heavy atom. The van der Waals surface area contributed by atoms with Gasteiger partial charge in [-0.25, -0.2) is 4.79 Å². The van der Waals surface area contributed by atoms with Crippen molar-refractivity contribution < 1.29 is 14.3 Å². The molecule has 0 saturated carbocycles. The van der Waals surface area contributed by atoms with E-state index in [9.17, 15) is 9.59 Å². The lowest BCUT2D eigenvalue weighted by atomic mass is 10.2. The third kappa shape index (κ3) is 3.31. The zero-order chi connectivity index (χ0) is 18.8. The molecule has 1 aliphatic heterocycles. The van der Waals surface area contributed by atoms with Crippen molar-refractivity contribution in [2.75, 3.05) is 4.90 Å². The summed E-state index contributed by atoms with van der Waals surface area (Å²) in [4.78, 5) is 33.0. The van der Waals surface area contributed by atoms with E-state index in [1.807, 2.05) is 48.5 Å². The predicted octanol–water partition coefficient (Wildman–Crippen LogP) is 4.46. The molecular formula is C21H16N2O3S. The van der Waals surface area contributed by atoms with E-state index in [0.29, 0.717) is 5.56 Å². The van der Waals surface area contributed by atoms with Crippen molar-refractivity contribution in [3.05, 3.63) is 78.6 Å². The van der Waals surface area contributed by atoms with E-state index < -0.39 is 12.1 Å². The molecule has 0 radical (unpaired) electrons. The molecule has 1 amide bonds. The van der Waals surface area contributed by atoms with Gasteiger partial charge in [-0.05, 0) is 43.3 Å². The number of nitrogens with zero attached hydrogens (tertiary/aromatic N) is 2. The molecule has 0 spiro atoms. The van der Waals surface area contributed by atoms with Crippen LogP contribution in [0.3, 0.4) is 0 Å². The number of carbonyl (C=O) groups excluding carboxylic acids is 2. The molecule has 0 saturated heterocycles. The number of pyridine rings is 1. The monoisotopic (exact) mass is 376 g/mol. The minimum Gasteiger partial charge on any atom is -0.449 e. The standard InChI is InChI=1S/C21H16N2O3S/c1-14(26-21(25)15-10-12-22-13-11-15)20(24)23-16-6-2-4-8-18(16)27-19-9-5-3-7-17(19)23/h2-14H,1H3. The number of benzene rings is 2. The summed E-state index contributed by atoms with van der Waals surface area (Å²) in [6.07, 6.45) is 2.09. The maximum atomic E-state index is 13.2. The number of hydrogen-bond donors (Lipinski definition) is 0. The molecule has 134 valence electrons. The largest absolute Gasteiger partial charge is 0.449 e. The fourth-order valence-electron chi connectivity index (χ4n) is 2.89. The smallest absolute Gasteiger partial charge is 0.339 e. The van der Waals surface area contributed by atoms with Gasteiger partial charge in [0.1, 0.15) is 0 Å². The average molecular weight is 376 g/mol. The highest BCUT2D eigenvalue weighted by molar-refractivity contribution is 7.99. The summed E-state index contributed by atoms with van der Waals surface area (Å²) < 4.78 is 5.42. The van der Waals surface area contributed by atoms with Gasteiger partial charge in [0.25, 0.3) is 5.91 Å². The minimum atomic E-state index is -0.935. The van der Waals surface area contributed by atoms with Crippen molar-refractivity contribution in [2.24, 2.45) is 0 Å². The van der Waals surface area contributed by atoms with Crippen LogP contribution < -0.4 is 4.90 Å². The molecule has 0 N–H and O–H groups in total. The van der Waals surface area contributed by atoms with Gasteiger partial charge >= 0.3 is 5.97 Å². The van der Waals surface area contributed by atoms with Gasteiger partial charge in [0.15, 0.2) is 6.10 Å². The first-order valence-corrected chi connectivity index (χ1v) is 9.27. The van der Waals surface area contributed by atoms with Crippen molar-refractivity contribution in [1.29, 1.82) is 0 Å². The zero-order valence-electron chi connectivity index (χ0n) is 14.5. The van der Waals surface area contributed by atoms with Crippen LogP contribution >= 0.6 is 11.8 Å². The summed E-state index contributed by atoms with van der Waals surface area (Å²) >= 11 is 1.62. The summed E-state index contributed by atoms with van der Waals surface area (Å²) in [6, 6.07) is 18.5. The SMILES string of the molecule is CC(OC(=O)c1ccncc1)C(=O)N1c2ccccc2Sc2ccccc21. The lowest BCUT2D eigenvalue weighted by molar-refractivity contribution is -0.125. The third-order valence-electron chi connectivity index (χ3n) is 4.20. The van der Waals surface area contributed by atoms with Crippen LogP contribution in [0.2, 0.25) is 0 Å². The number of esters is 1. The van der Waals surface area contributed by atoms with Crippen LogP contribution in [0.15, 0.2) is 82.8 Å². The van der Waals surface area contributed by atoms with E-state index in [1.165, 1.54) is 12.4 Å². The Morgan fingerprint density at radius 1 is 0.926 bits per heavy atom. The van der Waals surface area contributed by atoms with Crippen molar-refractivity contribution in [3.63, 3.8) is 0 Å². The normalized spacial score (nSPS) is 13.3. The van der Waals surface area contributed by atoms with Gasteiger partial charge in [-0.3, -0.25) is 14.7 Å². The van der Waals surface area contributed by atoms with Crippen LogP contribution in [0.5, 0.6) is 0 Å². The molecule has 6 heteroatoms. The van der Waals surface area contributed by atoms with E-state index in [0.717, 1.165) is 21.2 Å². The lowest BCUT2D eigenvalue weighted by Gasteiger charge is -2.32. The van der Waals surface area contributed by atoms with Crippen LogP contribution in [0, 0.1) is 0 Å². The van der Waals surface area contributed by atoms with Crippen molar-refractivity contribution in [2.45, 2.75) is 22.8 Å².